The van der Waals surface area contributed by atoms with Gasteiger partial charge in [-0.25, -0.2) is 4.98 Å². The summed E-state index contributed by atoms with van der Waals surface area (Å²) in [6, 6.07) is 16.9. The largest absolute Gasteiger partial charge is 0.322 e. The average Bonchev–Trinajstić information content (AvgIpc) is 2.69. The van der Waals surface area contributed by atoms with Gasteiger partial charge in [0.15, 0.2) is 0 Å². The van der Waals surface area contributed by atoms with E-state index in [2.05, 4.69) is 15.6 Å². The Morgan fingerprint density at radius 2 is 1.56 bits per heavy atom. The van der Waals surface area contributed by atoms with Crippen LogP contribution in [-0.2, 0) is 0 Å². The minimum absolute atomic E-state index is 0.146. The zero-order valence-corrected chi connectivity index (χ0v) is 14.0. The summed E-state index contributed by atoms with van der Waals surface area (Å²) in [7, 11) is 0. The van der Waals surface area contributed by atoms with Gasteiger partial charge in [-0.1, -0.05) is 18.2 Å². The molecule has 8 nitrogen and oxygen atoms in total. The molecule has 0 aliphatic rings. The number of benzene rings is 2. The topological polar surface area (TPSA) is 114 Å². The van der Waals surface area contributed by atoms with E-state index in [0.29, 0.717) is 17.1 Å². The Labute approximate surface area is 154 Å². The van der Waals surface area contributed by atoms with Gasteiger partial charge in [0.25, 0.3) is 17.5 Å². The second-order valence-electron chi connectivity index (χ2n) is 5.51. The van der Waals surface area contributed by atoms with Gasteiger partial charge >= 0.3 is 0 Å². The molecule has 2 N–H and O–H groups in total. The van der Waals surface area contributed by atoms with Crippen LogP contribution in [0, 0.1) is 10.1 Å². The highest BCUT2D eigenvalue weighted by Gasteiger charge is 2.13. The van der Waals surface area contributed by atoms with Crippen molar-refractivity contribution in [1.29, 1.82) is 0 Å². The number of nitro groups is 1. The first kappa shape index (κ1) is 17.7. The lowest BCUT2D eigenvalue weighted by Crippen LogP contribution is -2.15. The number of pyridine rings is 1. The SMILES string of the molecule is O=C(Nc1cccc(C(=O)Nc2ccccn2)c1)c1cccc([N+](=O)[O-])c1. The number of hydrogen-bond donors (Lipinski definition) is 2. The number of carbonyl (C=O) groups excluding carboxylic acids is 2. The standard InChI is InChI=1S/C19H14N4O4/c24-18(14-6-4-8-16(12-14)23(26)27)21-15-7-3-5-13(11-15)19(25)22-17-9-1-2-10-20-17/h1-12H,(H,21,24)(H,20,22,25). The molecule has 0 fully saturated rings. The summed E-state index contributed by atoms with van der Waals surface area (Å²) in [5.74, 6) is -0.477. The van der Waals surface area contributed by atoms with Crippen LogP contribution in [0.4, 0.5) is 17.2 Å². The summed E-state index contributed by atoms with van der Waals surface area (Å²) in [5.41, 5.74) is 0.691. The Morgan fingerprint density at radius 3 is 2.26 bits per heavy atom. The van der Waals surface area contributed by atoms with Gasteiger partial charge in [-0.3, -0.25) is 19.7 Å². The van der Waals surface area contributed by atoms with Gasteiger partial charge in [0.1, 0.15) is 5.82 Å². The highest BCUT2D eigenvalue weighted by atomic mass is 16.6. The van der Waals surface area contributed by atoms with E-state index >= 15 is 0 Å². The molecule has 0 saturated carbocycles. The maximum absolute atomic E-state index is 12.3. The molecule has 0 atom stereocenters. The molecule has 134 valence electrons. The second-order valence-corrected chi connectivity index (χ2v) is 5.51. The third-order valence-electron chi connectivity index (χ3n) is 3.61. The van der Waals surface area contributed by atoms with E-state index in [9.17, 15) is 19.7 Å². The Kier molecular flexibility index (Phi) is 5.17. The molecular weight excluding hydrogens is 348 g/mol. The number of nitrogens with one attached hydrogen (secondary N) is 2. The van der Waals surface area contributed by atoms with Crippen molar-refractivity contribution in [2.45, 2.75) is 0 Å². The fourth-order valence-corrected chi connectivity index (χ4v) is 2.33. The van der Waals surface area contributed by atoms with Crippen LogP contribution in [0.25, 0.3) is 0 Å². The van der Waals surface area contributed by atoms with Crippen LogP contribution >= 0.6 is 0 Å². The number of rotatable bonds is 5. The molecule has 1 aromatic heterocycles. The van der Waals surface area contributed by atoms with Crippen molar-refractivity contribution in [3.63, 3.8) is 0 Å². The highest BCUT2D eigenvalue weighted by molar-refractivity contribution is 6.07. The van der Waals surface area contributed by atoms with Crippen LogP contribution in [0.15, 0.2) is 72.9 Å². The molecule has 8 heteroatoms. The molecule has 0 aliphatic heterocycles. The lowest BCUT2D eigenvalue weighted by atomic mass is 10.1. The Bertz CT molecular complexity index is 1010. The molecule has 2 aromatic carbocycles. The van der Waals surface area contributed by atoms with Crippen molar-refractivity contribution in [3.05, 3.63) is 94.2 Å². The number of carbonyl (C=O) groups is 2. The lowest BCUT2D eigenvalue weighted by Gasteiger charge is -2.08. The Morgan fingerprint density at radius 1 is 0.852 bits per heavy atom. The summed E-state index contributed by atoms with van der Waals surface area (Å²) in [4.78, 5) is 38.9. The summed E-state index contributed by atoms with van der Waals surface area (Å²) < 4.78 is 0. The molecule has 2 amide bonds. The number of amides is 2. The van der Waals surface area contributed by atoms with Crippen molar-refractivity contribution in [2.24, 2.45) is 0 Å². The highest BCUT2D eigenvalue weighted by Crippen LogP contribution is 2.17. The minimum Gasteiger partial charge on any atom is -0.322 e. The number of anilines is 2. The van der Waals surface area contributed by atoms with Crippen molar-refractivity contribution < 1.29 is 14.5 Å². The zero-order chi connectivity index (χ0) is 19.2. The maximum atomic E-state index is 12.3. The second kappa shape index (κ2) is 7.87. The lowest BCUT2D eigenvalue weighted by molar-refractivity contribution is -0.384. The van der Waals surface area contributed by atoms with Crippen molar-refractivity contribution in [2.75, 3.05) is 10.6 Å². The quantitative estimate of drug-likeness (QED) is 0.532. The van der Waals surface area contributed by atoms with E-state index in [1.807, 2.05) is 0 Å². The molecule has 0 unspecified atom stereocenters. The first-order chi connectivity index (χ1) is 13.0. The normalized spacial score (nSPS) is 10.1. The van der Waals surface area contributed by atoms with Gasteiger partial charge in [-0.05, 0) is 36.4 Å². The number of nitro benzene ring substituents is 1. The summed E-state index contributed by atoms with van der Waals surface area (Å²) in [6.07, 6.45) is 1.56. The van der Waals surface area contributed by atoms with Crippen LogP contribution in [0.1, 0.15) is 20.7 Å². The van der Waals surface area contributed by atoms with Crippen molar-refractivity contribution in [1.82, 2.24) is 4.98 Å². The molecule has 3 aromatic rings. The first-order valence-electron chi connectivity index (χ1n) is 7.91. The summed E-state index contributed by atoms with van der Waals surface area (Å²) in [5, 5.41) is 16.1. The van der Waals surface area contributed by atoms with E-state index in [1.165, 1.54) is 30.3 Å². The van der Waals surface area contributed by atoms with Gasteiger partial charge in [0, 0.05) is 35.1 Å². The van der Waals surface area contributed by atoms with Gasteiger partial charge in [0.05, 0.1) is 4.92 Å². The van der Waals surface area contributed by atoms with Gasteiger partial charge in [-0.15, -0.1) is 0 Å². The third-order valence-corrected chi connectivity index (χ3v) is 3.61. The minimum atomic E-state index is -0.570. The van der Waals surface area contributed by atoms with Crippen LogP contribution in [0.2, 0.25) is 0 Å². The van der Waals surface area contributed by atoms with E-state index < -0.39 is 10.8 Å². The molecule has 0 radical (unpaired) electrons. The van der Waals surface area contributed by atoms with E-state index in [-0.39, 0.29) is 17.2 Å². The molecule has 27 heavy (non-hydrogen) atoms. The molecule has 0 spiro atoms. The number of aromatic nitrogens is 1. The molecule has 0 bridgehead atoms. The predicted molar refractivity (Wildman–Crippen MR) is 99.7 cm³/mol. The fourth-order valence-electron chi connectivity index (χ4n) is 2.33. The molecule has 3 rings (SSSR count). The molecular formula is C19H14N4O4. The van der Waals surface area contributed by atoms with Gasteiger partial charge in [-0.2, -0.15) is 0 Å². The van der Waals surface area contributed by atoms with Crippen LogP contribution in [-0.4, -0.2) is 21.7 Å². The monoisotopic (exact) mass is 362 g/mol. The fraction of sp³-hybridized carbons (Fsp3) is 0. The maximum Gasteiger partial charge on any atom is 0.270 e. The first-order valence-corrected chi connectivity index (χ1v) is 7.91. The molecule has 1 heterocycles. The summed E-state index contributed by atoms with van der Waals surface area (Å²) >= 11 is 0. The third kappa shape index (κ3) is 4.51. The summed E-state index contributed by atoms with van der Waals surface area (Å²) in [6.45, 7) is 0. The number of nitrogens with zero attached hydrogens (tertiary/aromatic N) is 2. The molecule has 0 aliphatic carbocycles. The average molecular weight is 362 g/mol. The predicted octanol–water partition coefficient (Wildman–Crippen LogP) is 3.49. The van der Waals surface area contributed by atoms with Crippen LogP contribution < -0.4 is 10.6 Å². The van der Waals surface area contributed by atoms with Crippen LogP contribution in [0.5, 0.6) is 0 Å². The molecule has 0 saturated heterocycles. The Hall–Kier alpha value is -4.07. The van der Waals surface area contributed by atoms with Gasteiger partial charge < -0.3 is 10.6 Å². The number of hydrogen-bond acceptors (Lipinski definition) is 5. The smallest absolute Gasteiger partial charge is 0.270 e. The number of non-ortho nitro benzene ring substituents is 1. The van der Waals surface area contributed by atoms with Crippen molar-refractivity contribution in [3.8, 4) is 0 Å². The van der Waals surface area contributed by atoms with E-state index in [4.69, 9.17) is 0 Å². The van der Waals surface area contributed by atoms with E-state index in [1.54, 1.807) is 42.6 Å². The van der Waals surface area contributed by atoms with E-state index in [0.717, 1.165) is 0 Å². The zero-order valence-electron chi connectivity index (χ0n) is 14.0. The van der Waals surface area contributed by atoms with Crippen LogP contribution in [0.3, 0.4) is 0 Å². The van der Waals surface area contributed by atoms with Crippen molar-refractivity contribution >= 4 is 29.0 Å². The van der Waals surface area contributed by atoms with Gasteiger partial charge in [0.2, 0.25) is 0 Å². The Balaban J connectivity index is 1.74.